The monoisotopic (exact) mass is 326 g/mol. The van der Waals surface area contributed by atoms with E-state index < -0.39 is 5.60 Å². The fourth-order valence-electron chi connectivity index (χ4n) is 5.96. The van der Waals surface area contributed by atoms with Crippen molar-refractivity contribution in [1.29, 1.82) is 0 Å². The molecule has 3 nitrogen and oxygen atoms in total. The molecule has 0 saturated heterocycles. The number of fused-ring (bicyclic) bond motifs is 5. The molecule has 3 aliphatic carbocycles. The molecule has 5 atom stereocenters. The number of hydrogen-bond donors (Lipinski definition) is 1. The third-order valence-corrected chi connectivity index (χ3v) is 7.27. The maximum absolute atomic E-state index is 11.0. The normalized spacial score (nSPS) is 40.2. The highest BCUT2D eigenvalue weighted by molar-refractivity contribution is 5.41. The molecule has 0 unspecified atom stereocenters. The van der Waals surface area contributed by atoms with Crippen molar-refractivity contribution in [3.63, 3.8) is 0 Å². The van der Waals surface area contributed by atoms with Crippen LogP contribution in [0, 0.1) is 29.6 Å². The van der Waals surface area contributed by atoms with Crippen LogP contribution in [0.5, 0.6) is 5.75 Å². The average molecular weight is 326 g/mol. The summed E-state index contributed by atoms with van der Waals surface area (Å²) in [6.45, 7) is 2.23. The van der Waals surface area contributed by atoms with Gasteiger partial charge in [-0.25, -0.2) is 0 Å². The van der Waals surface area contributed by atoms with Crippen molar-refractivity contribution in [2.75, 3.05) is 7.11 Å². The number of terminal acetylenes is 1. The van der Waals surface area contributed by atoms with Crippen LogP contribution in [0.1, 0.15) is 56.1 Å². The van der Waals surface area contributed by atoms with E-state index in [4.69, 9.17) is 16.2 Å². The van der Waals surface area contributed by atoms with Gasteiger partial charge in [0.25, 0.3) is 0 Å². The number of benzene rings is 1. The van der Waals surface area contributed by atoms with E-state index in [9.17, 15) is 5.11 Å². The predicted octanol–water partition coefficient (Wildman–Crippen LogP) is 3.85. The van der Waals surface area contributed by atoms with Crippen LogP contribution >= 0.6 is 0 Å². The standard InChI is InChI=1S/C21H26O3/c1-4-21(22)12-10-19-18-7-5-14-13-15(24-23-3)6-8-16(14)17(18)9-11-20(19,21)2/h1,6,8,13,17-19,22H,5,7,9-12H2,2-3H3/t17-,18-,19+,20+,21+/m1/s1. The third kappa shape index (κ3) is 2.06. The Morgan fingerprint density at radius 2 is 2.08 bits per heavy atom. The first-order chi connectivity index (χ1) is 11.5. The van der Waals surface area contributed by atoms with Gasteiger partial charge in [-0.2, -0.15) is 4.89 Å². The molecule has 128 valence electrons. The fraction of sp³-hybridized carbons (Fsp3) is 0.619. The van der Waals surface area contributed by atoms with Crippen molar-refractivity contribution < 1.29 is 14.9 Å². The summed E-state index contributed by atoms with van der Waals surface area (Å²) in [5, 5.41) is 11.0. The molecular formula is C21H26O3. The molecule has 0 aliphatic heterocycles. The zero-order valence-electron chi connectivity index (χ0n) is 14.5. The van der Waals surface area contributed by atoms with Crippen molar-refractivity contribution in [3.8, 4) is 18.1 Å². The van der Waals surface area contributed by atoms with Crippen molar-refractivity contribution in [2.24, 2.45) is 17.3 Å². The smallest absolute Gasteiger partial charge is 0.165 e. The van der Waals surface area contributed by atoms with Gasteiger partial charge in [-0.05, 0) is 79.5 Å². The molecule has 0 aromatic heterocycles. The van der Waals surface area contributed by atoms with Gasteiger partial charge in [-0.3, -0.25) is 0 Å². The minimum atomic E-state index is -0.918. The number of aliphatic hydroxyl groups is 1. The highest BCUT2D eigenvalue weighted by Gasteiger charge is 2.61. The van der Waals surface area contributed by atoms with Gasteiger partial charge in [0, 0.05) is 5.41 Å². The molecule has 1 aromatic rings. The zero-order valence-corrected chi connectivity index (χ0v) is 14.5. The van der Waals surface area contributed by atoms with Crippen LogP contribution < -0.4 is 4.89 Å². The Morgan fingerprint density at radius 3 is 2.83 bits per heavy atom. The Morgan fingerprint density at radius 1 is 1.25 bits per heavy atom. The van der Waals surface area contributed by atoms with Gasteiger partial charge >= 0.3 is 0 Å². The Balaban J connectivity index is 1.66. The number of aryl methyl sites for hydroxylation is 1. The molecule has 0 radical (unpaired) electrons. The van der Waals surface area contributed by atoms with Crippen molar-refractivity contribution >= 4 is 0 Å². The lowest BCUT2D eigenvalue weighted by molar-refractivity contribution is -0.178. The summed E-state index contributed by atoms with van der Waals surface area (Å²) in [6.07, 6.45) is 11.9. The summed E-state index contributed by atoms with van der Waals surface area (Å²) < 4.78 is 0. The second-order valence-corrected chi connectivity index (χ2v) is 8.03. The highest BCUT2D eigenvalue weighted by Crippen LogP contribution is 2.64. The van der Waals surface area contributed by atoms with Gasteiger partial charge in [0.1, 0.15) is 5.60 Å². The highest BCUT2D eigenvalue weighted by atomic mass is 17.2. The Hall–Kier alpha value is -1.50. The second-order valence-electron chi connectivity index (χ2n) is 8.03. The molecule has 1 aromatic carbocycles. The molecule has 2 fully saturated rings. The fourth-order valence-corrected chi connectivity index (χ4v) is 5.96. The SMILES string of the molecule is C#C[C@]1(O)CC[C@H]2[C@@H]3CCc4cc(OOC)ccc4[C@H]3CC[C@@]21C. The van der Waals surface area contributed by atoms with Crippen molar-refractivity contribution in [2.45, 2.75) is 57.0 Å². The summed E-state index contributed by atoms with van der Waals surface area (Å²) in [4.78, 5) is 9.96. The van der Waals surface area contributed by atoms with Gasteiger partial charge in [-0.1, -0.05) is 18.9 Å². The van der Waals surface area contributed by atoms with E-state index in [1.165, 1.54) is 24.7 Å². The maximum Gasteiger partial charge on any atom is 0.165 e. The van der Waals surface area contributed by atoms with Crippen molar-refractivity contribution in [1.82, 2.24) is 0 Å². The first-order valence-electron chi connectivity index (χ1n) is 9.06. The van der Waals surface area contributed by atoms with Gasteiger partial charge < -0.3 is 9.99 Å². The molecule has 0 heterocycles. The molecule has 2 saturated carbocycles. The summed E-state index contributed by atoms with van der Waals surface area (Å²) in [6, 6.07) is 6.34. The van der Waals surface area contributed by atoms with Crippen LogP contribution in [0.25, 0.3) is 0 Å². The van der Waals surface area contributed by atoms with E-state index in [1.54, 1.807) is 0 Å². The lowest BCUT2D eigenvalue weighted by Crippen LogP contribution is -2.50. The van der Waals surface area contributed by atoms with E-state index in [0.717, 1.165) is 37.9 Å². The molecule has 3 aliphatic rings. The Bertz CT molecular complexity index is 691. The largest absolute Gasteiger partial charge is 0.377 e. The van der Waals surface area contributed by atoms with Crippen LogP contribution in [0.2, 0.25) is 0 Å². The maximum atomic E-state index is 11.0. The molecule has 24 heavy (non-hydrogen) atoms. The van der Waals surface area contributed by atoms with E-state index >= 15 is 0 Å². The minimum absolute atomic E-state index is 0.125. The average Bonchev–Trinajstić information content (AvgIpc) is 2.87. The minimum Gasteiger partial charge on any atom is -0.377 e. The van der Waals surface area contributed by atoms with E-state index in [-0.39, 0.29) is 5.41 Å². The predicted molar refractivity (Wildman–Crippen MR) is 92.5 cm³/mol. The van der Waals surface area contributed by atoms with E-state index in [1.807, 2.05) is 6.07 Å². The summed E-state index contributed by atoms with van der Waals surface area (Å²) in [5.74, 6) is 5.26. The van der Waals surface area contributed by atoms with Crippen molar-refractivity contribution in [3.05, 3.63) is 29.3 Å². The van der Waals surface area contributed by atoms with Gasteiger partial charge in [0.05, 0.1) is 7.11 Å². The molecule has 0 spiro atoms. The lowest BCUT2D eigenvalue weighted by Gasteiger charge is -2.52. The third-order valence-electron chi connectivity index (χ3n) is 7.27. The first kappa shape index (κ1) is 16.0. The molecule has 0 bridgehead atoms. The molecule has 3 heteroatoms. The van der Waals surface area contributed by atoms with Crippen LogP contribution in [0.4, 0.5) is 0 Å². The lowest BCUT2D eigenvalue weighted by atomic mass is 9.53. The van der Waals surface area contributed by atoms with E-state index in [2.05, 4.69) is 25.0 Å². The van der Waals surface area contributed by atoms with Crippen LogP contribution in [0.3, 0.4) is 0 Å². The summed E-state index contributed by atoms with van der Waals surface area (Å²) in [5.41, 5.74) is 1.81. The first-order valence-corrected chi connectivity index (χ1v) is 9.06. The molecular weight excluding hydrogens is 300 g/mol. The van der Waals surface area contributed by atoms with Crippen LogP contribution in [-0.4, -0.2) is 17.8 Å². The Kier molecular flexibility index (Phi) is 3.67. The Labute approximate surface area is 144 Å². The molecule has 1 N–H and O–H groups in total. The molecule has 4 rings (SSSR count). The van der Waals surface area contributed by atoms with Crippen LogP contribution in [0.15, 0.2) is 18.2 Å². The van der Waals surface area contributed by atoms with Gasteiger partial charge in [0.15, 0.2) is 5.75 Å². The zero-order chi connectivity index (χ0) is 16.9. The quantitative estimate of drug-likeness (QED) is 0.510. The molecule has 0 amide bonds. The number of rotatable bonds is 2. The topological polar surface area (TPSA) is 38.7 Å². The van der Waals surface area contributed by atoms with Crippen LogP contribution in [-0.2, 0) is 11.3 Å². The van der Waals surface area contributed by atoms with Gasteiger partial charge in [-0.15, -0.1) is 6.42 Å². The summed E-state index contributed by atoms with van der Waals surface area (Å²) in [7, 11) is 1.53. The summed E-state index contributed by atoms with van der Waals surface area (Å²) >= 11 is 0. The van der Waals surface area contributed by atoms with E-state index in [0.29, 0.717) is 17.8 Å². The van der Waals surface area contributed by atoms with Gasteiger partial charge in [0.2, 0.25) is 0 Å². The second kappa shape index (κ2) is 5.51. The number of hydrogen-bond acceptors (Lipinski definition) is 3.